The van der Waals surface area contributed by atoms with Gasteiger partial charge in [0.1, 0.15) is 0 Å². The molecule has 2 rings (SSSR count). The molecule has 2 aromatic carbocycles. The number of aliphatic hydroxyl groups is 1. The lowest BCUT2D eigenvalue weighted by molar-refractivity contribution is 0.177. The minimum atomic E-state index is -0.451. The van der Waals surface area contributed by atoms with Crippen molar-refractivity contribution in [3.8, 4) is 0 Å². The van der Waals surface area contributed by atoms with Crippen molar-refractivity contribution in [2.45, 2.75) is 33.3 Å². The molecular formula is C17H19BrO. The third-order valence-corrected chi connectivity index (χ3v) is 4.44. The van der Waals surface area contributed by atoms with Crippen molar-refractivity contribution < 1.29 is 5.11 Å². The highest BCUT2D eigenvalue weighted by atomic mass is 79.9. The van der Waals surface area contributed by atoms with Gasteiger partial charge in [-0.2, -0.15) is 0 Å². The quantitative estimate of drug-likeness (QED) is 0.873. The minimum Gasteiger partial charge on any atom is -0.388 e. The average molecular weight is 319 g/mol. The molecule has 0 amide bonds. The highest BCUT2D eigenvalue weighted by Crippen LogP contribution is 2.27. The number of aryl methyl sites for hydroxylation is 3. The van der Waals surface area contributed by atoms with Crippen LogP contribution in [0.4, 0.5) is 0 Å². The Kier molecular flexibility index (Phi) is 4.43. The van der Waals surface area contributed by atoms with Crippen molar-refractivity contribution in [2.24, 2.45) is 0 Å². The number of halogens is 1. The Labute approximate surface area is 123 Å². The molecule has 0 aliphatic rings. The zero-order valence-corrected chi connectivity index (χ0v) is 13.2. The highest BCUT2D eigenvalue weighted by molar-refractivity contribution is 9.10. The van der Waals surface area contributed by atoms with E-state index < -0.39 is 6.10 Å². The van der Waals surface area contributed by atoms with Crippen LogP contribution in [0.2, 0.25) is 0 Å². The van der Waals surface area contributed by atoms with Gasteiger partial charge in [-0.1, -0.05) is 46.3 Å². The monoisotopic (exact) mass is 318 g/mol. The normalized spacial score (nSPS) is 12.5. The molecule has 0 radical (unpaired) electrons. The SMILES string of the molecule is Cc1cc(C(O)Cc2ccccc2C)c(C)cc1Br. The Morgan fingerprint density at radius 3 is 2.37 bits per heavy atom. The van der Waals surface area contributed by atoms with E-state index in [1.165, 1.54) is 11.1 Å². The summed E-state index contributed by atoms with van der Waals surface area (Å²) in [6, 6.07) is 12.4. The molecule has 2 heteroatoms. The molecular weight excluding hydrogens is 300 g/mol. The molecule has 1 N–H and O–H groups in total. The molecule has 0 aromatic heterocycles. The molecule has 1 atom stereocenters. The summed E-state index contributed by atoms with van der Waals surface area (Å²) in [5.41, 5.74) is 5.73. The summed E-state index contributed by atoms with van der Waals surface area (Å²) in [6.45, 7) is 6.18. The molecule has 0 heterocycles. The van der Waals surface area contributed by atoms with Gasteiger partial charge in [-0.15, -0.1) is 0 Å². The summed E-state index contributed by atoms with van der Waals surface area (Å²) in [4.78, 5) is 0. The largest absolute Gasteiger partial charge is 0.388 e. The van der Waals surface area contributed by atoms with E-state index in [1.54, 1.807) is 0 Å². The van der Waals surface area contributed by atoms with E-state index in [4.69, 9.17) is 0 Å². The zero-order valence-electron chi connectivity index (χ0n) is 11.6. The lowest BCUT2D eigenvalue weighted by atomic mass is 9.94. The lowest BCUT2D eigenvalue weighted by Crippen LogP contribution is -2.05. The maximum atomic E-state index is 10.5. The number of aliphatic hydroxyl groups excluding tert-OH is 1. The fraction of sp³-hybridized carbons (Fsp3) is 0.294. The van der Waals surface area contributed by atoms with E-state index in [2.05, 4.69) is 47.1 Å². The van der Waals surface area contributed by atoms with Gasteiger partial charge in [-0.05, 0) is 54.7 Å². The molecule has 2 aromatic rings. The molecule has 19 heavy (non-hydrogen) atoms. The maximum Gasteiger partial charge on any atom is 0.0833 e. The number of benzene rings is 2. The van der Waals surface area contributed by atoms with Gasteiger partial charge in [0, 0.05) is 10.9 Å². The first kappa shape index (κ1) is 14.3. The van der Waals surface area contributed by atoms with Crippen molar-refractivity contribution in [2.75, 3.05) is 0 Å². The van der Waals surface area contributed by atoms with Crippen LogP contribution in [0.3, 0.4) is 0 Å². The first-order valence-electron chi connectivity index (χ1n) is 6.48. The summed E-state index contributed by atoms with van der Waals surface area (Å²) in [6.07, 6.45) is 0.210. The standard InChI is InChI=1S/C17H19BrO/c1-11-6-4-5-7-14(11)10-17(19)15-8-13(3)16(18)9-12(15)2/h4-9,17,19H,10H2,1-3H3. The van der Waals surface area contributed by atoms with E-state index in [-0.39, 0.29) is 0 Å². The molecule has 0 aliphatic carbocycles. The van der Waals surface area contributed by atoms with Crippen LogP contribution in [-0.4, -0.2) is 5.11 Å². The maximum absolute atomic E-state index is 10.5. The van der Waals surface area contributed by atoms with E-state index in [0.29, 0.717) is 6.42 Å². The Hall–Kier alpha value is -1.12. The summed E-state index contributed by atoms with van der Waals surface area (Å²) in [7, 11) is 0. The van der Waals surface area contributed by atoms with Crippen molar-refractivity contribution in [1.29, 1.82) is 0 Å². The number of hydrogen-bond acceptors (Lipinski definition) is 1. The Bertz CT molecular complexity index is 590. The summed E-state index contributed by atoms with van der Waals surface area (Å²) < 4.78 is 1.09. The second-order valence-corrected chi connectivity index (χ2v) is 5.96. The van der Waals surface area contributed by atoms with Crippen molar-refractivity contribution in [1.82, 2.24) is 0 Å². The third-order valence-electron chi connectivity index (χ3n) is 3.58. The predicted octanol–water partition coefficient (Wildman–Crippen LogP) is 4.65. The molecule has 0 spiro atoms. The Morgan fingerprint density at radius 2 is 1.68 bits per heavy atom. The van der Waals surface area contributed by atoms with E-state index in [9.17, 15) is 5.11 Å². The van der Waals surface area contributed by atoms with Gasteiger partial charge < -0.3 is 5.11 Å². The average Bonchev–Trinajstić information content (AvgIpc) is 2.36. The van der Waals surface area contributed by atoms with Gasteiger partial charge >= 0.3 is 0 Å². The summed E-state index contributed by atoms with van der Waals surface area (Å²) >= 11 is 3.53. The van der Waals surface area contributed by atoms with Gasteiger partial charge in [-0.25, -0.2) is 0 Å². The molecule has 0 bridgehead atoms. The molecule has 100 valence electrons. The third kappa shape index (κ3) is 3.26. The topological polar surface area (TPSA) is 20.2 Å². The van der Waals surface area contributed by atoms with Crippen molar-refractivity contribution in [3.05, 3.63) is 68.7 Å². The summed E-state index contributed by atoms with van der Waals surface area (Å²) in [5, 5.41) is 10.5. The van der Waals surface area contributed by atoms with Crippen LogP contribution in [0.1, 0.15) is 33.9 Å². The van der Waals surface area contributed by atoms with Crippen LogP contribution in [0.15, 0.2) is 40.9 Å². The van der Waals surface area contributed by atoms with Gasteiger partial charge in [-0.3, -0.25) is 0 Å². The van der Waals surface area contributed by atoms with Crippen LogP contribution < -0.4 is 0 Å². The fourth-order valence-corrected chi connectivity index (χ4v) is 2.78. The highest BCUT2D eigenvalue weighted by Gasteiger charge is 2.13. The van der Waals surface area contributed by atoms with Crippen LogP contribution in [0, 0.1) is 20.8 Å². The molecule has 0 saturated carbocycles. The zero-order chi connectivity index (χ0) is 14.0. The first-order valence-corrected chi connectivity index (χ1v) is 7.27. The second kappa shape index (κ2) is 5.89. The molecule has 0 saturated heterocycles. The number of hydrogen-bond donors (Lipinski definition) is 1. The van der Waals surface area contributed by atoms with Crippen LogP contribution >= 0.6 is 15.9 Å². The Morgan fingerprint density at radius 1 is 1.00 bits per heavy atom. The van der Waals surface area contributed by atoms with Gasteiger partial charge in [0.2, 0.25) is 0 Å². The minimum absolute atomic E-state index is 0.451. The van der Waals surface area contributed by atoms with Gasteiger partial charge in [0.15, 0.2) is 0 Å². The van der Waals surface area contributed by atoms with Crippen LogP contribution in [0.25, 0.3) is 0 Å². The lowest BCUT2D eigenvalue weighted by Gasteiger charge is -2.16. The smallest absolute Gasteiger partial charge is 0.0833 e. The van der Waals surface area contributed by atoms with E-state index in [0.717, 1.165) is 21.2 Å². The van der Waals surface area contributed by atoms with Crippen molar-refractivity contribution in [3.63, 3.8) is 0 Å². The van der Waals surface area contributed by atoms with Crippen LogP contribution in [-0.2, 0) is 6.42 Å². The molecule has 0 aliphatic heterocycles. The fourth-order valence-electron chi connectivity index (χ4n) is 2.32. The van der Waals surface area contributed by atoms with E-state index in [1.807, 2.05) is 26.0 Å². The predicted molar refractivity (Wildman–Crippen MR) is 83.5 cm³/mol. The summed E-state index contributed by atoms with van der Waals surface area (Å²) in [5.74, 6) is 0. The van der Waals surface area contributed by atoms with Crippen LogP contribution in [0.5, 0.6) is 0 Å². The van der Waals surface area contributed by atoms with Crippen molar-refractivity contribution >= 4 is 15.9 Å². The first-order chi connectivity index (χ1) is 8.99. The molecule has 0 fully saturated rings. The Balaban J connectivity index is 2.28. The van der Waals surface area contributed by atoms with Gasteiger partial charge in [0.25, 0.3) is 0 Å². The molecule has 1 nitrogen and oxygen atoms in total. The van der Waals surface area contributed by atoms with Gasteiger partial charge in [0.05, 0.1) is 6.10 Å². The second-order valence-electron chi connectivity index (χ2n) is 5.10. The molecule has 1 unspecified atom stereocenters. The number of rotatable bonds is 3. The van der Waals surface area contributed by atoms with E-state index >= 15 is 0 Å².